The van der Waals surface area contributed by atoms with Gasteiger partial charge in [-0.2, -0.15) is 0 Å². The summed E-state index contributed by atoms with van der Waals surface area (Å²) in [7, 11) is 0. The molecule has 0 aliphatic heterocycles. The lowest BCUT2D eigenvalue weighted by molar-refractivity contribution is 0.0960. The molecule has 1 aromatic carbocycles. The van der Waals surface area contributed by atoms with Gasteiger partial charge in [-0.15, -0.1) is 0 Å². The monoisotopic (exact) mass is 268 g/mol. The van der Waals surface area contributed by atoms with Gasteiger partial charge in [0.2, 0.25) is 0 Å². The highest BCUT2D eigenvalue weighted by atomic mass is 19.1. The van der Waals surface area contributed by atoms with Crippen LogP contribution in [0.3, 0.4) is 0 Å². The second kappa shape index (κ2) is 6.02. The maximum Gasteiger partial charge on any atom is 0.407 e. The van der Waals surface area contributed by atoms with Crippen molar-refractivity contribution in [2.24, 2.45) is 5.73 Å². The fourth-order valence-corrected chi connectivity index (χ4v) is 1.86. The number of hydrogen-bond acceptors (Lipinski definition) is 2. The van der Waals surface area contributed by atoms with E-state index in [9.17, 15) is 14.3 Å². The Morgan fingerprint density at radius 2 is 1.89 bits per heavy atom. The molecule has 0 unspecified atom stereocenters. The summed E-state index contributed by atoms with van der Waals surface area (Å²) in [5.41, 5.74) is 6.38. The van der Waals surface area contributed by atoms with Crippen LogP contribution >= 0.6 is 0 Å². The Bertz CT molecular complexity index is 426. The summed E-state index contributed by atoms with van der Waals surface area (Å²) in [6, 6.07) is 5.76. The molecule has 1 amide bonds. The van der Waals surface area contributed by atoms with Gasteiger partial charge in [0.15, 0.2) is 0 Å². The Balaban J connectivity index is 2.65. The van der Waals surface area contributed by atoms with Gasteiger partial charge in [-0.05, 0) is 44.9 Å². The van der Waals surface area contributed by atoms with E-state index < -0.39 is 11.6 Å². The molecule has 1 rings (SSSR count). The number of amides is 1. The molecule has 0 heterocycles. The summed E-state index contributed by atoms with van der Waals surface area (Å²) in [5.74, 6) is -0.292. The normalized spacial score (nSPS) is 13.1. The van der Waals surface area contributed by atoms with E-state index in [0.29, 0.717) is 6.42 Å². The van der Waals surface area contributed by atoms with Crippen LogP contribution in [-0.4, -0.2) is 34.2 Å². The van der Waals surface area contributed by atoms with Crippen molar-refractivity contribution < 1.29 is 14.3 Å². The average molecular weight is 268 g/mol. The summed E-state index contributed by atoms with van der Waals surface area (Å²) in [6.45, 7) is 5.72. The molecule has 0 saturated heterocycles. The standard InChI is InChI=1S/C14H21FN2O2/c1-14(2,3)17(13(18)19)9-12(16)8-10-4-6-11(15)7-5-10/h4-7,12H,8-9,16H2,1-3H3,(H,18,19)/t12-/m0/s1. The third-order valence-corrected chi connectivity index (χ3v) is 2.87. The third-order valence-electron chi connectivity index (χ3n) is 2.87. The number of carbonyl (C=O) groups is 1. The van der Waals surface area contributed by atoms with Gasteiger partial charge in [0.05, 0.1) is 0 Å². The predicted molar refractivity (Wildman–Crippen MR) is 72.6 cm³/mol. The van der Waals surface area contributed by atoms with Crippen LogP contribution in [0.25, 0.3) is 0 Å². The van der Waals surface area contributed by atoms with E-state index in [1.807, 2.05) is 20.8 Å². The van der Waals surface area contributed by atoms with Gasteiger partial charge >= 0.3 is 6.09 Å². The van der Waals surface area contributed by atoms with Crippen molar-refractivity contribution in [2.75, 3.05) is 6.54 Å². The van der Waals surface area contributed by atoms with Crippen LogP contribution in [0, 0.1) is 5.82 Å². The number of nitrogens with two attached hydrogens (primary N) is 1. The molecular formula is C14H21FN2O2. The maximum atomic E-state index is 12.8. The van der Waals surface area contributed by atoms with Gasteiger partial charge < -0.3 is 15.7 Å². The van der Waals surface area contributed by atoms with Crippen LogP contribution in [0.2, 0.25) is 0 Å². The Morgan fingerprint density at radius 3 is 2.32 bits per heavy atom. The minimum Gasteiger partial charge on any atom is -0.465 e. The lowest BCUT2D eigenvalue weighted by atomic mass is 10.0. The zero-order chi connectivity index (χ0) is 14.6. The van der Waals surface area contributed by atoms with Crippen LogP contribution < -0.4 is 5.73 Å². The van der Waals surface area contributed by atoms with Gasteiger partial charge in [-0.25, -0.2) is 9.18 Å². The van der Waals surface area contributed by atoms with E-state index in [2.05, 4.69) is 0 Å². The fraction of sp³-hybridized carbons (Fsp3) is 0.500. The highest BCUT2D eigenvalue weighted by molar-refractivity contribution is 5.66. The Kier molecular flexibility index (Phi) is 4.89. The first-order valence-corrected chi connectivity index (χ1v) is 6.20. The Hall–Kier alpha value is -1.62. The molecule has 0 fully saturated rings. The SMILES string of the molecule is CC(C)(C)N(C[C@@H](N)Cc1ccc(F)cc1)C(=O)O. The van der Waals surface area contributed by atoms with Crippen LogP contribution in [0.4, 0.5) is 9.18 Å². The molecule has 0 aliphatic rings. The highest BCUT2D eigenvalue weighted by Crippen LogP contribution is 2.15. The van der Waals surface area contributed by atoms with E-state index in [1.54, 1.807) is 12.1 Å². The molecule has 3 N–H and O–H groups in total. The molecule has 1 aromatic rings. The van der Waals surface area contributed by atoms with Crippen LogP contribution in [0.1, 0.15) is 26.3 Å². The van der Waals surface area contributed by atoms with Crippen molar-refractivity contribution in [3.63, 3.8) is 0 Å². The Labute approximate surface area is 113 Å². The summed E-state index contributed by atoms with van der Waals surface area (Å²) >= 11 is 0. The maximum absolute atomic E-state index is 12.8. The van der Waals surface area contributed by atoms with E-state index in [-0.39, 0.29) is 18.4 Å². The smallest absolute Gasteiger partial charge is 0.407 e. The van der Waals surface area contributed by atoms with Gasteiger partial charge in [0.1, 0.15) is 5.82 Å². The van der Waals surface area contributed by atoms with Gasteiger partial charge in [-0.3, -0.25) is 0 Å². The topological polar surface area (TPSA) is 66.6 Å². The summed E-state index contributed by atoms with van der Waals surface area (Å²) < 4.78 is 12.8. The third kappa shape index (κ3) is 4.87. The lowest BCUT2D eigenvalue weighted by Gasteiger charge is -2.35. The second-order valence-corrected chi connectivity index (χ2v) is 5.65. The van der Waals surface area contributed by atoms with E-state index in [0.717, 1.165) is 5.56 Å². The molecule has 19 heavy (non-hydrogen) atoms. The summed E-state index contributed by atoms with van der Waals surface area (Å²) in [5, 5.41) is 9.18. The van der Waals surface area contributed by atoms with Crippen molar-refractivity contribution in [2.45, 2.75) is 38.8 Å². The summed E-state index contributed by atoms with van der Waals surface area (Å²) in [6.07, 6.45) is -0.470. The quantitative estimate of drug-likeness (QED) is 0.881. The number of hydrogen-bond donors (Lipinski definition) is 2. The molecule has 0 spiro atoms. The fourth-order valence-electron chi connectivity index (χ4n) is 1.86. The largest absolute Gasteiger partial charge is 0.465 e. The Morgan fingerprint density at radius 1 is 1.37 bits per heavy atom. The van der Waals surface area contributed by atoms with Crippen molar-refractivity contribution in [3.8, 4) is 0 Å². The van der Waals surface area contributed by atoms with Gasteiger partial charge in [0, 0.05) is 18.1 Å². The number of halogens is 1. The van der Waals surface area contributed by atoms with Crippen LogP contribution in [-0.2, 0) is 6.42 Å². The first-order chi connectivity index (χ1) is 8.70. The van der Waals surface area contributed by atoms with E-state index in [4.69, 9.17) is 5.73 Å². The predicted octanol–water partition coefficient (Wildman–Crippen LogP) is 2.47. The number of nitrogens with zero attached hydrogens (tertiary/aromatic N) is 1. The summed E-state index contributed by atoms with van der Waals surface area (Å²) in [4.78, 5) is 12.5. The van der Waals surface area contributed by atoms with E-state index in [1.165, 1.54) is 17.0 Å². The number of benzene rings is 1. The minimum absolute atomic E-state index is 0.246. The van der Waals surface area contributed by atoms with Gasteiger partial charge in [-0.1, -0.05) is 12.1 Å². The van der Waals surface area contributed by atoms with Crippen LogP contribution in [0.5, 0.6) is 0 Å². The molecule has 0 radical (unpaired) electrons. The molecular weight excluding hydrogens is 247 g/mol. The zero-order valence-corrected chi connectivity index (χ0v) is 11.6. The van der Waals surface area contributed by atoms with Crippen LogP contribution in [0.15, 0.2) is 24.3 Å². The molecule has 0 aromatic heterocycles. The minimum atomic E-state index is -0.984. The number of carboxylic acid groups (broad SMARTS) is 1. The molecule has 5 heteroatoms. The highest BCUT2D eigenvalue weighted by Gasteiger charge is 2.27. The van der Waals surface area contributed by atoms with Crippen molar-refractivity contribution in [1.29, 1.82) is 0 Å². The molecule has 106 valence electrons. The average Bonchev–Trinajstić information content (AvgIpc) is 2.27. The number of rotatable bonds is 4. The van der Waals surface area contributed by atoms with Gasteiger partial charge in [0.25, 0.3) is 0 Å². The molecule has 0 saturated carbocycles. The van der Waals surface area contributed by atoms with E-state index >= 15 is 0 Å². The molecule has 0 aliphatic carbocycles. The first-order valence-electron chi connectivity index (χ1n) is 6.20. The van der Waals surface area contributed by atoms with Crippen molar-refractivity contribution >= 4 is 6.09 Å². The molecule has 0 bridgehead atoms. The van der Waals surface area contributed by atoms with Crippen molar-refractivity contribution in [1.82, 2.24) is 4.90 Å². The van der Waals surface area contributed by atoms with Crippen molar-refractivity contribution in [3.05, 3.63) is 35.6 Å². The lowest BCUT2D eigenvalue weighted by Crippen LogP contribution is -2.50. The first kappa shape index (κ1) is 15.4. The second-order valence-electron chi connectivity index (χ2n) is 5.65. The zero-order valence-electron chi connectivity index (χ0n) is 11.6. The molecule has 1 atom stereocenters. The molecule has 4 nitrogen and oxygen atoms in total.